The summed E-state index contributed by atoms with van der Waals surface area (Å²) in [5.74, 6) is 1.77. The molecule has 0 unspecified atom stereocenters. The Bertz CT molecular complexity index is 8320. The SMILES string of the molecule is CN1c2cc3c(cc2B2c4ccccc4Oc4cc(-n5c6c(C(C)(C)C)cc(C(C)(C)C)cc6c6cc(C(C)(C)C)cc(C(C)(C)C)c65)cc1c42)B1c2cc4c(cc2N(C)c2cc(-n5c6c(C(C)(C)C)cc(C(C)(C)C)cc6c6cc(C(C)(C)C)cc(C(C)(C)C)c65)cc(c21)N3C)Nc1cc(-n2c3c(C(C)(C)C)cc(C(C)(C)C)cc3c3cc(C(C)(C)C)cc(C(C)(C)C)c32)cc2c1B4c1ccccc1N2c1ccccc1. The number of hydrogen-bond acceptors (Lipinski definition) is 6. The molecule has 0 amide bonds. The van der Waals surface area contributed by atoms with E-state index in [1.54, 1.807) is 0 Å². The van der Waals surface area contributed by atoms with Crippen LogP contribution in [0.4, 0.5) is 62.6 Å². The lowest BCUT2D eigenvalue weighted by Crippen LogP contribution is -2.66. The predicted molar refractivity (Wildman–Crippen MR) is 642 cm³/mol. The Labute approximate surface area is 877 Å². The van der Waals surface area contributed by atoms with Gasteiger partial charge in [-0.15, -0.1) is 0 Å². The van der Waals surface area contributed by atoms with Crippen molar-refractivity contribution in [1.29, 1.82) is 0 Å². The average Bonchev–Trinajstić information content (AvgIpc) is 1.68. The Kier molecular flexibility index (Phi) is 20.8. The van der Waals surface area contributed by atoms with Gasteiger partial charge in [-0.1, -0.05) is 352 Å². The Morgan fingerprint density at radius 2 is 0.497 bits per heavy atom. The van der Waals surface area contributed by atoms with Crippen molar-refractivity contribution in [2.75, 3.05) is 46.1 Å². The molecule has 0 fully saturated rings. The lowest BCUT2D eigenvalue weighted by molar-refractivity contribution is 0.487. The molecule has 0 aliphatic carbocycles. The number of benzene rings is 14. The summed E-state index contributed by atoms with van der Waals surface area (Å²) in [5, 5.41) is 12.3. The van der Waals surface area contributed by atoms with Crippen LogP contribution in [0.5, 0.6) is 11.5 Å². The number of anilines is 11. The van der Waals surface area contributed by atoms with E-state index in [9.17, 15) is 0 Å². The molecule has 0 atom stereocenters. The molecule has 0 bridgehead atoms. The fraction of sp³-hybridized carbons (Fsp3) is 0.378. The molecule has 0 saturated carbocycles. The van der Waals surface area contributed by atoms with E-state index < -0.39 is 0 Å². The molecule has 12 heteroatoms. The summed E-state index contributed by atoms with van der Waals surface area (Å²) in [4.78, 5) is 10.4. The summed E-state index contributed by atoms with van der Waals surface area (Å²) in [6, 6.07) is 86.4. The summed E-state index contributed by atoms with van der Waals surface area (Å²) in [5.41, 5.74) is 48.8. The lowest BCUT2D eigenvalue weighted by atomic mass is 9.29. The van der Waals surface area contributed by atoms with E-state index in [4.69, 9.17) is 4.74 Å². The van der Waals surface area contributed by atoms with Gasteiger partial charge in [-0.3, -0.25) is 0 Å². The van der Waals surface area contributed by atoms with Crippen LogP contribution in [0.2, 0.25) is 0 Å². The molecule has 9 nitrogen and oxygen atoms in total. The average molecular weight is 1940 g/mol. The van der Waals surface area contributed by atoms with Gasteiger partial charge in [0.25, 0.3) is 20.1 Å². The normalized spacial score (nSPS) is 14.9. The summed E-state index contributed by atoms with van der Waals surface area (Å²) in [6.45, 7) is 86.0. The fourth-order valence-electron chi connectivity index (χ4n) is 25.9. The van der Waals surface area contributed by atoms with Crippen LogP contribution in [-0.2, 0) is 65.0 Å². The minimum absolute atomic E-state index is 0.113. The summed E-state index contributed by atoms with van der Waals surface area (Å²) < 4.78 is 15.9. The molecule has 14 aromatic carbocycles. The number of fused-ring (bicyclic) bond motifs is 21. The van der Waals surface area contributed by atoms with Crippen LogP contribution in [0.1, 0.15) is 316 Å². The molecular formula is C135H153B3N8O. The highest BCUT2D eigenvalue weighted by Gasteiger charge is 2.51. The molecule has 0 saturated heterocycles. The Morgan fingerprint density at radius 1 is 0.204 bits per heavy atom. The van der Waals surface area contributed by atoms with Crippen molar-refractivity contribution in [2.45, 2.75) is 314 Å². The largest absolute Gasteiger partial charge is 0.458 e. The maximum Gasteiger partial charge on any atom is 0.256 e. The summed E-state index contributed by atoms with van der Waals surface area (Å²) in [6.07, 6.45) is 0. The van der Waals surface area contributed by atoms with Crippen LogP contribution in [0.15, 0.2) is 212 Å². The predicted octanol–water partition coefficient (Wildman–Crippen LogP) is 30.3. The molecule has 1 N–H and O–H groups in total. The van der Waals surface area contributed by atoms with Gasteiger partial charge in [0, 0.05) is 122 Å². The van der Waals surface area contributed by atoms with Crippen molar-refractivity contribution in [3.63, 3.8) is 0 Å². The molecule has 0 radical (unpaired) electrons. The van der Waals surface area contributed by atoms with Crippen molar-refractivity contribution in [1.82, 2.24) is 13.7 Å². The molecule has 6 aliphatic rings. The first-order chi connectivity index (χ1) is 68.2. The van der Waals surface area contributed by atoms with E-state index in [1.807, 2.05) is 0 Å². The number of hydrogen-bond donors (Lipinski definition) is 1. The third kappa shape index (κ3) is 14.9. The first-order valence-corrected chi connectivity index (χ1v) is 54.4. The van der Waals surface area contributed by atoms with E-state index in [2.05, 4.69) is 521 Å². The van der Waals surface area contributed by atoms with Gasteiger partial charge in [0.15, 0.2) is 0 Å². The van der Waals surface area contributed by atoms with Gasteiger partial charge in [0.2, 0.25) is 0 Å². The van der Waals surface area contributed by atoms with Gasteiger partial charge in [0.1, 0.15) is 11.5 Å². The van der Waals surface area contributed by atoms with Crippen molar-refractivity contribution in [2.24, 2.45) is 0 Å². The minimum atomic E-state index is -0.262. The molecule has 3 aromatic heterocycles. The fourth-order valence-corrected chi connectivity index (χ4v) is 25.9. The third-order valence-electron chi connectivity index (χ3n) is 34.2. The van der Waals surface area contributed by atoms with Crippen molar-refractivity contribution >= 4 is 197 Å². The molecule has 17 aromatic rings. The first kappa shape index (κ1) is 97.8. The third-order valence-corrected chi connectivity index (χ3v) is 34.2. The van der Waals surface area contributed by atoms with E-state index in [0.717, 1.165) is 51.3 Å². The van der Waals surface area contributed by atoms with E-state index in [0.29, 0.717) is 0 Å². The number of aromatic nitrogens is 3. The van der Waals surface area contributed by atoms with Crippen LogP contribution in [0, 0.1) is 0 Å². The monoisotopic (exact) mass is 1940 g/mol. The Hall–Kier alpha value is -12.5. The second-order valence-electron chi connectivity index (χ2n) is 57.2. The van der Waals surface area contributed by atoms with Crippen molar-refractivity contribution in [3.05, 3.63) is 279 Å². The molecule has 147 heavy (non-hydrogen) atoms. The highest BCUT2D eigenvalue weighted by molar-refractivity contribution is 7.04. The maximum absolute atomic E-state index is 7.69. The number of rotatable bonds is 4. The van der Waals surface area contributed by atoms with Gasteiger partial charge in [-0.2, -0.15) is 0 Å². The van der Waals surface area contributed by atoms with Crippen LogP contribution < -0.4 is 78.8 Å². The maximum atomic E-state index is 7.69. The van der Waals surface area contributed by atoms with Crippen LogP contribution in [0.3, 0.4) is 0 Å². The molecular weight excluding hydrogens is 1780 g/mol. The smallest absolute Gasteiger partial charge is 0.256 e. The Morgan fingerprint density at radius 3 is 0.857 bits per heavy atom. The standard InChI is InChI=1S/C135H153B3N8O/c1-124(2,3)75-53-85-86-54-76(125(4,5)6)60-92(131(22,23)24)119(86)144(118(85)91(59-75)130(19,20)21)82-65-104-115-112(69-82)143(81-47-41-40-42-48-81)105-51-45-43-49-97(105)136(115)99-71-100-106(73-103(99)139-104)140(37)109-66-83(145-120-87(55-77(126(7,8)9)61-93(120)132(25,26)27)88-56-78(127(10,11)12)62-94(121(88)145)133(28,29)30)67-110-116(109)138(100)102-72-101-107(74-108(102)141(110)38)142(39)111-68-84(70-114-117(111)137(101)98-50-44-46-52-113(98)147-114)146-122-89(57-79(128(13,14)15)63-95(122)134(31,32)33)90-58-80(129(16,17)18)64-96(123(90)146)135(34,35)36/h40-74,139H,1-39H3. The molecule has 6 aliphatic heterocycles. The van der Waals surface area contributed by atoms with Gasteiger partial charge in [0.05, 0.1) is 50.2 Å². The van der Waals surface area contributed by atoms with Gasteiger partial charge in [-0.25, -0.2) is 0 Å². The zero-order valence-electron chi connectivity index (χ0n) is 95.5. The quantitative estimate of drug-likeness (QED) is 0.177. The van der Waals surface area contributed by atoms with Gasteiger partial charge < -0.3 is 43.4 Å². The van der Waals surface area contributed by atoms with Crippen molar-refractivity contribution < 1.29 is 4.74 Å². The molecule has 9 heterocycles. The summed E-state index contributed by atoms with van der Waals surface area (Å²) >= 11 is 0. The first-order valence-electron chi connectivity index (χ1n) is 54.4. The van der Waals surface area contributed by atoms with Gasteiger partial charge in [-0.05, 0) is 284 Å². The second kappa shape index (κ2) is 31.3. The highest BCUT2D eigenvalue weighted by atomic mass is 16.5. The van der Waals surface area contributed by atoms with Gasteiger partial charge >= 0.3 is 0 Å². The zero-order chi connectivity index (χ0) is 105. The molecule has 748 valence electrons. The van der Waals surface area contributed by atoms with E-state index in [-0.39, 0.29) is 85.1 Å². The number of nitrogens with one attached hydrogen (secondary N) is 1. The summed E-state index contributed by atoms with van der Waals surface area (Å²) in [7, 11) is 7.13. The number of ether oxygens (including phenoxy) is 1. The highest BCUT2D eigenvalue weighted by Crippen LogP contribution is 2.56. The van der Waals surface area contributed by atoms with Crippen LogP contribution in [0.25, 0.3) is 82.5 Å². The topological polar surface area (TPSA) is 49.0 Å². The van der Waals surface area contributed by atoms with Crippen molar-refractivity contribution in [3.8, 4) is 28.6 Å². The zero-order valence-corrected chi connectivity index (χ0v) is 95.5. The Balaban J connectivity index is 0.818. The number of para-hydroxylation sites is 3. The lowest BCUT2D eigenvalue weighted by Gasteiger charge is -2.45. The van der Waals surface area contributed by atoms with Crippen LogP contribution >= 0.6 is 0 Å². The van der Waals surface area contributed by atoms with E-state index >= 15 is 0 Å². The second-order valence-corrected chi connectivity index (χ2v) is 57.2. The van der Waals surface area contributed by atoms with Crippen LogP contribution in [-0.4, -0.2) is 55.0 Å². The number of nitrogens with zero attached hydrogens (tertiary/aromatic N) is 7. The minimum Gasteiger partial charge on any atom is -0.458 e. The molecule has 0 spiro atoms. The molecule has 23 rings (SSSR count). The van der Waals surface area contributed by atoms with E-state index in [1.165, 1.54) is 221 Å².